The predicted molar refractivity (Wildman–Crippen MR) is 50.2 cm³/mol. The van der Waals surface area contributed by atoms with Gasteiger partial charge in [0.2, 0.25) is 0 Å². The van der Waals surface area contributed by atoms with Crippen LogP contribution in [-0.4, -0.2) is 17.2 Å². The molecule has 7 heteroatoms. The fourth-order valence-corrected chi connectivity index (χ4v) is 2.22. The van der Waals surface area contributed by atoms with Crippen molar-refractivity contribution in [3.8, 4) is 0 Å². The zero-order valence-electron chi connectivity index (χ0n) is 7.21. The van der Waals surface area contributed by atoms with Gasteiger partial charge < -0.3 is 0 Å². The Bertz CT molecular complexity index is 434. The highest BCUT2D eigenvalue weighted by Crippen LogP contribution is 2.13. The van der Waals surface area contributed by atoms with Gasteiger partial charge >= 0.3 is 21.5 Å². The Morgan fingerprint density at radius 3 is 2.21 bits per heavy atom. The molecular formula is C7H8O5S2. The molecule has 0 heterocycles. The van der Waals surface area contributed by atoms with Crippen LogP contribution in [0.5, 0.6) is 0 Å². The van der Waals surface area contributed by atoms with E-state index in [2.05, 4.69) is 3.63 Å². The van der Waals surface area contributed by atoms with Crippen LogP contribution in [0.2, 0.25) is 0 Å². The smallest absolute Gasteiger partial charge is 0.283 e. The van der Waals surface area contributed by atoms with Crippen LogP contribution in [-0.2, 0) is 25.1 Å². The highest BCUT2D eigenvalue weighted by atomic mass is 32.3. The minimum Gasteiger partial charge on any atom is -0.283 e. The van der Waals surface area contributed by atoms with Crippen LogP contribution in [0, 0.1) is 6.92 Å². The zero-order valence-corrected chi connectivity index (χ0v) is 8.84. The zero-order chi connectivity index (χ0) is 10.8. The van der Waals surface area contributed by atoms with Gasteiger partial charge in [0, 0.05) is 0 Å². The van der Waals surface area contributed by atoms with E-state index in [1.807, 2.05) is 0 Å². The van der Waals surface area contributed by atoms with E-state index in [9.17, 15) is 12.6 Å². The van der Waals surface area contributed by atoms with Crippen LogP contribution in [0.15, 0.2) is 29.2 Å². The third kappa shape index (κ3) is 2.88. The maximum Gasteiger partial charge on any atom is 0.317 e. The van der Waals surface area contributed by atoms with E-state index in [1.54, 1.807) is 19.1 Å². The van der Waals surface area contributed by atoms with Gasteiger partial charge in [-0.1, -0.05) is 17.7 Å². The Morgan fingerprint density at radius 2 is 1.79 bits per heavy atom. The van der Waals surface area contributed by atoms with Gasteiger partial charge in [-0.3, -0.25) is 4.55 Å². The minimum atomic E-state index is -4.13. The van der Waals surface area contributed by atoms with E-state index in [1.165, 1.54) is 12.1 Å². The topological polar surface area (TPSA) is 80.7 Å². The first kappa shape index (κ1) is 11.3. The maximum atomic E-state index is 11.2. The second-order valence-electron chi connectivity index (χ2n) is 2.55. The van der Waals surface area contributed by atoms with Crippen molar-refractivity contribution in [1.29, 1.82) is 0 Å². The van der Waals surface area contributed by atoms with Crippen molar-refractivity contribution in [2.45, 2.75) is 11.8 Å². The highest BCUT2D eigenvalue weighted by molar-refractivity contribution is 7.95. The molecule has 1 N–H and O–H groups in total. The predicted octanol–water partition coefficient (Wildman–Crippen LogP) is 0.837. The summed E-state index contributed by atoms with van der Waals surface area (Å²) >= 11 is -2.83. The summed E-state index contributed by atoms with van der Waals surface area (Å²) in [4.78, 5) is -0.148. The molecule has 0 saturated heterocycles. The minimum absolute atomic E-state index is 0.148. The second-order valence-corrected chi connectivity index (χ2v) is 4.91. The van der Waals surface area contributed by atoms with E-state index in [0.717, 1.165) is 5.56 Å². The van der Waals surface area contributed by atoms with E-state index in [4.69, 9.17) is 4.55 Å². The molecule has 1 atom stereocenters. The van der Waals surface area contributed by atoms with Crippen molar-refractivity contribution in [2.75, 3.05) is 0 Å². The number of benzene rings is 1. The van der Waals surface area contributed by atoms with E-state index < -0.39 is 21.5 Å². The molecule has 0 bridgehead atoms. The Morgan fingerprint density at radius 1 is 1.29 bits per heavy atom. The maximum absolute atomic E-state index is 11.2. The molecule has 1 aromatic carbocycles. The van der Waals surface area contributed by atoms with Gasteiger partial charge in [0.1, 0.15) is 0 Å². The van der Waals surface area contributed by atoms with Gasteiger partial charge in [-0.05, 0) is 19.1 Å². The molecule has 1 rings (SSSR count). The number of aryl methyl sites for hydroxylation is 1. The molecule has 0 fully saturated rings. The summed E-state index contributed by atoms with van der Waals surface area (Å²) in [6, 6.07) is 5.74. The van der Waals surface area contributed by atoms with Crippen LogP contribution in [0.3, 0.4) is 0 Å². The second kappa shape index (κ2) is 4.18. The van der Waals surface area contributed by atoms with Crippen molar-refractivity contribution >= 4 is 21.5 Å². The lowest BCUT2D eigenvalue weighted by molar-refractivity contribution is 0.442. The average Bonchev–Trinajstić information content (AvgIpc) is 2.02. The Kier molecular flexibility index (Phi) is 3.38. The van der Waals surface area contributed by atoms with Crippen molar-refractivity contribution in [3.05, 3.63) is 29.8 Å². The molecule has 5 nitrogen and oxygen atoms in total. The normalized spacial score (nSPS) is 13.9. The summed E-state index contributed by atoms with van der Waals surface area (Å²) in [5.74, 6) is 0. The lowest BCUT2D eigenvalue weighted by Crippen LogP contribution is -2.07. The Hall–Kier alpha value is -0.760. The van der Waals surface area contributed by atoms with Crippen molar-refractivity contribution in [1.82, 2.24) is 0 Å². The molecular weight excluding hydrogens is 228 g/mol. The van der Waals surface area contributed by atoms with Gasteiger partial charge in [-0.15, -0.1) is 3.63 Å². The van der Waals surface area contributed by atoms with Crippen LogP contribution in [0.1, 0.15) is 5.56 Å². The molecule has 1 aromatic rings. The molecule has 0 aliphatic heterocycles. The molecule has 0 amide bonds. The molecule has 0 radical (unpaired) electrons. The molecule has 0 aliphatic rings. The highest BCUT2D eigenvalue weighted by Gasteiger charge is 2.17. The van der Waals surface area contributed by atoms with Gasteiger partial charge in [-0.25, -0.2) is 0 Å². The monoisotopic (exact) mass is 236 g/mol. The van der Waals surface area contributed by atoms with E-state index >= 15 is 0 Å². The summed E-state index contributed by atoms with van der Waals surface area (Å²) < 4.78 is 44.7. The largest absolute Gasteiger partial charge is 0.317 e. The summed E-state index contributed by atoms with van der Waals surface area (Å²) in [5, 5.41) is 0. The standard InChI is InChI=1S/C7H8O5S2/c1-6-2-4-7(5-3-6)14(10,11)12-13(8)9/h2-5H,1H3,(H,8,9). The summed E-state index contributed by atoms with van der Waals surface area (Å²) in [6.45, 7) is 1.79. The Balaban J connectivity index is 3.05. The fraction of sp³-hybridized carbons (Fsp3) is 0.143. The van der Waals surface area contributed by atoms with Gasteiger partial charge in [0.05, 0.1) is 4.90 Å². The molecule has 1 unspecified atom stereocenters. The molecule has 78 valence electrons. The number of hydrogen-bond acceptors (Lipinski definition) is 4. The molecule has 0 spiro atoms. The first-order chi connectivity index (χ1) is 6.42. The van der Waals surface area contributed by atoms with Crippen molar-refractivity contribution in [2.24, 2.45) is 0 Å². The first-order valence-corrected chi connectivity index (χ1v) is 5.98. The summed E-state index contributed by atoms with van der Waals surface area (Å²) in [7, 11) is -4.13. The lowest BCUT2D eigenvalue weighted by atomic mass is 10.2. The number of rotatable bonds is 3. The van der Waals surface area contributed by atoms with Crippen LogP contribution >= 0.6 is 0 Å². The first-order valence-electron chi connectivity index (χ1n) is 3.54. The third-order valence-electron chi connectivity index (χ3n) is 1.46. The van der Waals surface area contributed by atoms with E-state index in [-0.39, 0.29) is 4.90 Å². The third-order valence-corrected chi connectivity index (χ3v) is 3.49. The van der Waals surface area contributed by atoms with Crippen molar-refractivity contribution < 1.29 is 20.8 Å². The van der Waals surface area contributed by atoms with Crippen LogP contribution in [0.4, 0.5) is 0 Å². The Labute approximate surface area is 84.3 Å². The van der Waals surface area contributed by atoms with Crippen molar-refractivity contribution in [3.63, 3.8) is 0 Å². The van der Waals surface area contributed by atoms with Crippen LogP contribution < -0.4 is 0 Å². The van der Waals surface area contributed by atoms with Gasteiger partial charge in [-0.2, -0.15) is 12.6 Å². The average molecular weight is 236 g/mol. The molecule has 0 aliphatic carbocycles. The fourth-order valence-electron chi connectivity index (χ4n) is 0.821. The van der Waals surface area contributed by atoms with Gasteiger partial charge in [0.25, 0.3) is 0 Å². The quantitative estimate of drug-likeness (QED) is 0.786. The molecule has 0 saturated carbocycles. The van der Waals surface area contributed by atoms with Gasteiger partial charge in [0.15, 0.2) is 0 Å². The van der Waals surface area contributed by atoms with E-state index in [0.29, 0.717) is 0 Å². The van der Waals surface area contributed by atoms with Crippen LogP contribution in [0.25, 0.3) is 0 Å². The lowest BCUT2D eigenvalue weighted by Gasteiger charge is -2.00. The molecule has 0 aromatic heterocycles. The SMILES string of the molecule is Cc1ccc(S(=O)(=O)OS(=O)O)cc1. The summed E-state index contributed by atoms with van der Waals surface area (Å²) in [5.41, 5.74) is 0.883. The number of hydrogen-bond donors (Lipinski definition) is 1. The summed E-state index contributed by atoms with van der Waals surface area (Å²) in [6.07, 6.45) is 0. The molecule has 14 heavy (non-hydrogen) atoms.